The topological polar surface area (TPSA) is 16.1 Å². The number of pyridine rings is 1. The molecule has 1 aliphatic heterocycles. The highest BCUT2D eigenvalue weighted by Gasteiger charge is 2.36. The van der Waals surface area contributed by atoms with Crippen molar-refractivity contribution in [1.29, 1.82) is 0 Å². The summed E-state index contributed by atoms with van der Waals surface area (Å²) in [7, 11) is 0. The molecule has 2 heteroatoms. The molecule has 0 bridgehead atoms. The minimum absolute atomic E-state index is 0.159. The Balaban J connectivity index is 2.15. The summed E-state index contributed by atoms with van der Waals surface area (Å²) in [6, 6.07) is 12.7. The number of nitrogens with zero attached hydrogens (tertiary/aromatic N) is 2. The fourth-order valence-corrected chi connectivity index (χ4v) is 2.76. The fourth-order valence-electron chi connectivity index (χ4n) is 2.76. The SMILES string of the molecule is Cc1ccccc1N1CC(C)(C)c2cccnc21. The van der Waals surface area contributed by atoms with Crippen molar-refractivity contribution in [1.82, 2.24) is 4.98 Å². The Morgan fingerprint density at radius 1 is 1.11 bits per heavy atom. The van der Waals surface area contributed by atoms with Gasteiger partial charge in [-0.05, 0) is 24.6 Å². The number of rotatable bonds is 1. The highest BCUT2D eigenvalue weighted by molar-refractivity contribution is 5.71. The third kappa shape index (κ3) is 1.60. The number of hydrogen-bond acceptors (Lipinski definition) is 2. The summed E-state index contributed by atoms with van der Waals surface area (Å²) in [6.07, 6.45) is 1.88. The van der Waals surface area contributed by atoms with Crippen molar-refractivity contribution in [2.24, 2.45) is 0 Å². The molecule has 3 rings (SSSR count). The van der Waals surface area contributed by atoms with Gasteiger partial charge in [0, 0.05) is 29.4 Å². The van der Waals surface area contributed by atoms with E-state index >= 15 is 0 Å². The number of fused-ring (bicyclic) bond motifs is 1. The molecule has 0 saturated heterocycles. The van der Waals surface area contributed by atoms with Gasteiger partial charge in [0.05, 0.1) is 0 Å². The van der Waals surface area contributed by atoms with Gasteiger partial charge in [-0.3, -0.25) is 0 Å². The summed E-state index contributed by atoms with van der Waals surface area (Å²) in [6.45, 7) is 7.71. The molecule has 0 atom stereocenters. The summed E-state index contributed by atoms with van der Waals surface area (Å²) in [5.74, 6) is 1.11. The molecule has 1 aromatic heterocycles. The zero-order chi connectivity index (χ0) is 12.8. The van der Waals surface area contributed by atoms with Crippen LogP contribution in [0.15, 0.2) is 42.6 Å². The molecule has 0 spiro atoms. The zero-order valence-corrected chi connectivity index (χ0v) is 11.1. The van der Waals surface area contributed by atoms with Crippen molar-refractivity contribution in [2.45, 2.75) is 26.2 Å². The summed E-state index contributed by atoms with van der Waals surface area (Å²) < 4.78 is 0. The highest BCUT2D eigenvalue weighted by Crippen LogP contribution is 2.43. The molecular formula is C16H18N2. The first-order valence-electron chi connectivity index (χ1n) is 6.38. The van der Waals surface area contributed by atoms with Crippen molar-refractivity contribution >= 4 is 11.5 Å². The molecule has 18 heavy (non-hydrogen) atoms. The fraction of sp³-hybridized carbons (Fsp3) is 0.312. The Morgan fingerprint density at radius 2 is 1.89 bits per heavy atom. The van der Waals surface area contributed by atoms with Crippen molar-refractivity contribution in [3.63, 3.8) is 0 Å². The van der Waals surface area contributed by atoms with Gasteiger partial charge in [0.15, 0.2) is 0 Å². The van der Waals surface area contributed by atoms with Gasteiger partial charge >= 0.3 is 0 Å². The van der Waals surface area contributed by atoms with Gasteiger partial charge in [-0.2, -0.15) is 0 Å². The van der Waals surface area contributed by atoms with E-state index in [9.17, 15) is 0 Å². The minimum atomic E-state index is 0.159. The highest BCUT2D eigenvalue weighted by atomic mass is 15.2. The van der Waals surface area contributed by atoms with Gasteiger partial charge < -0.3 is 4.90 Å². The van der Waals surface area contributed by atoms with E-state index in [1.54, 1.807) is 0 Å². The number of para-hydroxylation sites is 1. The van der Waals surface area contributed by atoms with Crippen LogP contribution >= 0.6 is 0 Å². The van der Waals surface area contributed by atoms with Crippen LogP contribution in [0.3, 0.4) is 0 Å². The van der Waals surface area contributed by atoms with E-state index in [1.807, 2.05) is 12.3 Å². The van der Waals surface area contributed by atoms with E-state index in [4.69, 9.17) is 0 Å². The number of aryl methyl sites for hydroxylation is 1. The van der Waals surface area contributed by atoms with Crippen LogP contribution < -0.4 is 4.90 Å². The van der Waals surface area contributed by atoms with Gasteiger partial charge in [0.25, 0.3) is 0 Å². The molecule has 0 fully saturated rings. The van der Waals surface area contributed by atoms with Crippen LogP contribution in [0.25, 0.3) is 0 Å². The van der Waals surface area contributed by atoms with Gasteiger partial charge in [-0.25, -0.2) is 4.98 Å². The Hall–Kier alpha value is -1.83. The van der Waals surface area contributed by atoms with Crippen molar-refractivity contribution in [3.05, 3.63) is 53.7 Å². The predicted octanol–water partition coefficient (Wildman–Crippen LogP) is 3.82. The number of anilines is 2. The van der Waals surface area contributed by atoms with Crippen LogP contribution in [-0.2, 0) is 5.41 Å². The molecule has 1 aliphatic rings. The molecule has 2 nitrogen and oxygen atoms in total. The summed E-state index contributed by atoms with van der Waals surface area (Å²) in [5, 5.41) is 0. The van der Waals surface area contributed by atoms with Crippen molar-refractivity contribution < 1.29 is 0 Å². The maximum absolute atomic E-state index is 4.58. The lowest BCUT2D eigenvalue weighted by Gasteiger charge is -2.23. The van der Waals surface area contributed by atoms with E-state index in [0.717, 1.165) is 12.4 Å². The lowest BCUT2D eigenvalue weighted by molar-refractivity contribution is 0.569. The Labute approximate surface area is 108 Å². The summed E-state index contributed by atoms with van der Waals surface area (Å²) >= 11 is 0. The van der Waals surface area contributed by atoms with Gasteiger partial charge in [0.2, 0.25) is 0 Å². The molecule has 1 aromatic carbocycles. The van der Waals surface area contributed by atoms with Gasteiger partial charge in [-0.1, -0.05) is 38.1 Å². The maximum Gasteiger partial charge on any atom is 0.136 e. The van der Waals surface area contributed by atoms with Crippen LogP contribution in [0.4, 0.5) is 11.5 Å². The van der Waals surface area contributed by atoms with Crippen LogP contribution in [0.5, 0.6) is 0 Å². The van der Waals surface area contributed by atoms with Crippen LogP contribution in [0.1, 0.15) is 25.0 Å². The predicted molar refractivity (Wildman–Crippen MR) is 75.4 cm³/mol. The molecule has 2 heterocycles. The van der Waals surface area contributed by atoms with E-state index in [0.29, 0.717) is 0 Å². The van der Waals surface area contributed by atoms with Crippen LogP contribution in [0.2, 0.25) is 0 Å². The standard InChI is InChI=1S/C16H18N2/c1-12-7-4-5-9-14(12)18-11-16(2,3)13-8-6-10-17-15(13)18/h4-10H,11H2,1-3H3. The van der Waals surface area contributed by atoms with E-state index in [2.05, 4.69) is 61.0 Å². The quantitative estimate of drug-likeness (QED) is 0.751. The second kappa shape index (κ2) is 3.84. The molecule has 0 unspecified atom stereocenters. The first-order valence-corrected chi connectivity index (χ1v) is 6.38. The van der Waals surface area contributed by atoms with Crippen LogP contribution in [-0.4, -0.2) is 11.5 Å². The summed E-state index contributed by atoms with van der Waals surface area (Å²) in [4.78, 5) is 6.92. The maximum atomic E-state index is 4.58. The lowest BCUT2D eigenvalue weighted by Crippen LogP contribution is -2.25. The average molecular weight is 238 g/mol. The van der Waals surface area contributed by atoms with Crippen LogP contribution in [0, 0.1) is 6.92 Å². The number of benzene rings is 1. The molecule has 0 amide bonds. The Kier molecular flexibility index (Phi) is 2.40. The monoisotopic (exact) mass is 238 g/mol. The number of hydrogen-bond donors (Lipinski definition) is 0. The molecule has 2 aromatic rings. The van der Waals surface area contributed by atoms with Gasteiger partial charge in [-0.15, -0.1) is 0 Å². The van der Waals surface area contributed by atoms with E-state index in [1.165, 1.54) is 16.8 Å². The molecule has 92 valence electrons. The first-order chi connectivity index (χ1) is 8.59. The molecular weight excluding hydrogens is 220 g/mol. The smallest absolute Gasteiger partial charge is 0.136 e. The minimum Gasteiger partial charge on any atom is -0.325 e. The Bertz CT molecular complexity index is 587. The zero-order valence-electron chi connectivity index (χ0n) is 11.1. The lowest BCUT2D eigenvalue weighted by atomic mass is 9.88. The average Bonchev–Trinajstić information content (AvgIpc) is 2.63. The van der Waals surface area contributed by atoms with E-state index in [-0.39, 0.29) is 5.41 Å². The second-order valence-electron chi connectivity index (χ2n) is 5.63. The number of aromatic nitrogens is 1. The van der Waals surface area contributed by atoms with Crippen molar-refractivity contribution in [2.75, 3.05) is 11.4 Å². The van der Waals surface area contributed by atoms with E-state index < -0.39 is 0 Å². The Morgan fingerprint density at radius 3 is 2.67 bits per heavy atom. The largest absolute Gasteiger partial charge is 0.325 e. The molecule has 0 N–H and O–H groups in total. The van der Waals surface area contributed by atoms with Gasteiger partial charge in [0.1, 0.15) is 5.82 Å². The molecule has 0 aliphatic carbocycles. The van der Waals surface area contributed by atoms with Crippen molar-refractivity contribution in [3.8, 4) is 0 Å². The molecule has 0 saturated carbocycles. The molecule has 0 radical (unpaired) electrons. The third-order valence-corrected chi connectivity index (χ3v) is 3.73. The summed E-state index contributed by atoms with van der Waals surface area (Å²) in [5.41, 5.74) is 4.06. The first kappa shape index (κ1) is 11.3. The third-order valence-electron chi connectivity index (χ3n) is 3.73. The normalized spacial score (nSPS) is 16.7. The second-order valence-corrected chi connectivity index (χ2v) is 5.63.